The van der Waals surface area contributed by atoms with E-state index in [1.807, 2.05) is 13.0 Å². The third kappa shape index (κ3) is 4.02. The van der Waals surface area contributed by atoms with E-state index in [1.165, 1.54) is 18.2 Å². The molecular formula is C15H16N4O3. The second-order valence-corrected chi connectivity index (χ2v) is 4.93. The van der Waals surface area contributed by atoms with Crippen molar-refractivity contribution in [2.45, 2.75) is 20.4 Å². The van der Waals surface area contributed by atoms with Gasteiger partial charge in [-0.1, -0.05) is 6.07 Å². The first-order valence-electron chi connectivity index (χ1n) is 6.66. The first-order chi connectivity index (χ1) is 10.5. The maximum Gasteiger partial charge on any atom is 0.319 e. The van der Waals surface area contributed by atoms with Crippen molar-refractivity contribution in [1.29, 1.82) is 0 Å². The molecule has 0 aliphatic carbocycles. The van der Waals surface area contributed by atoms with Crippen LogP contribution in [-0.2, 0) is 6.54 Å². The smallest absolute Gasteiger partial charge is 0.319 e. The Hall–Kier alpha value is -2.96. The molecule has 0 bridgehead atoms. The Labute approximate surface area is 127 Å². The van der Waals surface area contributed by atoms with Gasteiger partial charge in [0.2, 0.25) is 0 Å². The predicted molar refractivity (Wildman–Crippen MR) is 82.7 cm³/mol. The number of rotatable bonds is 4. The number of carbonyl (C=O) groups is 1. The third-order valence-electron chi connectivity index (χ3n) is 3.05. The van der Waals surface area contributed by atoms with Gasteiger partial charge in [0.1, 0.15) is 0 Å². The molecule has 7 heteroatoms. The molecule has 2 rings (SSSR count). The molecule has 114 valence electrons. The van der Waals surface area contributed by atoms with Gasteiger partial charge < -0.3 is 10.6 Å². The summed E-state index contributed by atoms with van der Waals surface area (Å²) in [6.07, 6.45) is 3.42. The number of nitro groups is 1. The lowest BCUT2D eigenvalue weighted by Gasteiger charge is -2.10. The summed E-state index contributed by atoms with van der Waals surface area (Å²) >= 11 is 0. The summed E-state index contributed by atoms with van der Waals surface area (Å²) in [7, 11) is 0. The topological polar surface area (TPSA) is 97.2 Å². The summed E-state index contributed by atoms with van der Waals surface area (Å²) in [5.74, 6) is 0. The number of pyridine rings is 1. The quantitative estimate of drug-likeness (QED) is 0.670. The number of carbonyl (C=O) groups excluding carboxylic acids is 1. The van der Waals surface area contributed by atoms with Crippen molar-refractivity contribution >= 4 is 17.4 Å². The van der Waals surface area contributed by atoms with Crippen molar-refractivity contribution in [3.63, 3.8) is 0 Å². The van der Waals surface area contributed by atoms with Crippen molar-refractivity contribution in [3.05, 3.63) is 63.5 Å². The summed E-state index contributed by atoms with van der Waals surface area (Å²) in [4.78, 5) is 26.1. The minimum atomic E-state index is -0.471. The molecule has 0 fully saturated rings. The molecule has 2 amide bonds. The lowest BCUT2D eigenvalue weighted by atomic mass is 10.2. The van der Waals surface area contributed by atoms with Gasteiger partial charge >= 0.3 is 6.03 Å². The number of benzene rings is 1. The van der Waals surface area contributed by atoms with Crippen LogP contribution in [0.1, 0.15) is 16.7 Å². The van der Waals surface area contributed by atoms with Crippen molar-refractivity contribution in [3.8, 4) is 0 Å². The lowest BCUT2D eigenvalue weighted by molar-refractivity contribution is -0.384. The highest BCUT2D eigenvalue weighted by Gasteiger charge is 2.10. The number of aromatic nitrogens is 1. The summed E-state index contributed by atoms with van der Waals surface area (Å²) in [6.45, 7) is 3.98. The van der Waals surface area contributed by atoms with Crippen LogP contribution in [0.3, 0.4) is 0 Å². The van der Waals surface area contributed by atoms with E-state index in [0.717, 1.165) is 11.1 Å². The molecule has 0 radical (unpaired) electrons. The molecule has 1 heterocycles. The van der Waals surface area contributed by atoms with Crippen LogP contribution in [0, 0.1) is 24.0 Å². The number of nitrogens with one attached hydrogen (secondary N) is 2. The molecule has 7 nitrogen and oxygen atoms in total. The largest absolute Gasteiger partial charge is 0.334 e. The maximum atomic E-state index is 11.9. The molecule has 0 aliphatic rings. The minimum absolute atomic E-state index is 0.00528. The van der Waals surface area contributed by atoms with E-state index in [0.29, 0.717) is 17.8 Å². The summed E-state index contributed by atoms with van der Waals surface area (Å²) in [6, 6.07) is 5.84. The highest BCUT2D eigenvalue weighted by molar-refractivity contribution is 5.90. The fraction of sp³-hybridized carbons (Fsp3) is 0.200. The Morgan fingerprint density at radius 3 is 2.68 bits per heavy atom. The summed E-state index contributed by atoms with van der Waals surface area (Å²) < 4.78 is 0. The molecule has 0 saturated heterocycles. The lowest BCUT2D eigenvalue weighted by Crippen LogP contribution is -2.28. The van der Waals surface area contributed by atoms with Crippen LogP contribution in [-0.4, -0.2) is 15.9 Å². The number of anilines is 1. The molecule has 2 aromatic rings. The van der Waals surface area contributed by atoms with E-state index in [1.54, 1.807) is 19.3 Å². The minimum Gasteiger partial charge on any atom is -0.334 e. The van der Waals surface area contributed by atoms with E-state index in [9.17, 15) is 14.9 Å². The predicted octanol–water partition coefficient (Wildman–Crippen LogP) is 2.93. The van der Waals surface area contributed by atoms with Gasteiger partial charge in [-0.2, -0.15) is 0 Å². The zero-order valence-electron chi connectivity index (χ0n) is 12.3. The maximum absolute atomic E-state index is 11.9. The molecular weight excluding hydrogens is 284 g/mol. The van der Waals surface area contributed by atoms with Crippen LogP contribution in [0.15, 0.2) is 36.7 Å². The third-order valence-corrected chi connectivity index (χ3v) is 3.05. The first kappa shape index (κ1) is 15.4. The van der Waals surface area contributed by atoms with E-state index in [4.69, 9.17) is 0 Å². The van der Waals surface area contributed by atoms with Gasteiger partial charge in [0.25, 0.3) is 5.69 Å². The van der Waals surface area contributed by atoms with Crippen molar-refractivity contribution in [2.24, 2.45) is 0 Å². The Bertz CT molecular complexity index is 716. The van der Waals surface area contributed by atoms with Crippen molar-refractivity contribution in [1.82, 2.24) is 10.3 Å². The summed E-state index contributed by atoms with van der Waals surface area (Å²) in [5, 5.41) is 16.1. The normalized spacial score (nSPS) is 10.1. The van der Waals surface area contributed by atoms with Gasteiger partial charge in [0.05, 0.1) is 4.92 Å². The van der Waals surface area contributed by atoms with Crippen LogP contribution in [0.25, 0.3) is 0 Å². The molecule has 0 atom stereocenters. The van der Waals surface area contributed by atoms with E-state index in [2.05, 4.69) is 15.6 Å². The highest BCUT2D eigenvalue weighted by Crippen LogP contribution is 2.20. The zero-order valence-corrected chi connectivity index (χ0v) is 12.3. The average molecular weight is 300 g/mol. The van der Waals surface area contributed by atoms with E-state index >= 15 is 0 Å². The average Bonchev–Trinajstić information content (AvgIpc) is 2.47. The number of hydrogen-bond donors (Lipinski definition) is 2. The Morgan fingerprint density at radius 1 is 1.27 bits per heavy atom. The second kappa shape index (κ2) is 6.66. The van der Waals surface area contributed by atoms with Crippen LogP contribution < -0.4 is 10.6 Å². The Morgan fingerprint density at radius 2 is 2.05 bits per heavy atom. The fourth-order valence-electron chi connectivity index (χ4n) is 1.96. The van der Waals surface area contributed by atoms with Gasteiger partial charge in [-0.15, -0.1) is 0 Å². The molecule has 0 spiro atoms. The SMILES string of the molecule is Cc1cncc(CNC(=O)Nc2ccc([N+](=O)[O-])cc2C)c1. The zero-order chi connectivity index (χ0) is 16.1. The van der Waals surface area contributed by atoms with Gasteiger partial charge in [0.15, 0.2) is 0 Å². The van der Waals surface area contributed by atoms with Crippen LogP contribution in [0.5, 0.6) is 0 Å². The summed E-state index contributed by atoms with van der Waals surface area (Å²) in [5.41, 5.74) is 3.07. The van der Waals surface area contributed by atoms with Gasteiger partial charge in [-0.25, -0.2) is 4.79 Å². The number of aryl methyl sites for hydroxylation is 2. The fourth-order valence-corrected chi connectivity index (χ4v) is 1.96. The number of nitrogens with zero attached hydrogens (tertiary/aromatic N) is 2. The van der Waals surface area contributed by atoms with Crippen LogP contribution in [0.4, 0.5) is 16.2 Å². The molecule has 22 heavy (non-hydrogen) atoms. The van der Waals surface area contributed by atoms with E-state index in [-0.39, 0.29) is 11.7 Å². The second-order valence-electron chi connectivity index (χ2n) is 4.93. The Balaban J connectivity index is 1.96. The molecule has 1 aromatic heterocycles. The van der Waals surface area contributed by atoms with Gasteiger partial charge in [-0.05, 0) is 36.6 Å². The Kier molecular flexibility index (Phi) is 4.67. The van der Waals surface area contributed by atoms with Crippen molar-refractivity contribution < 1.29 is 9.72 Å². The molecule has 0 saturated carbocycles. The molecule has 0 aliphatic heterocycles. The molecule has 1 aromatic carbocycles. The number of nitro benzene ring substituents is 1. The molecule has 0 unspecified atom stereocenters. The first-order valence-corrected chi connectivity index (χ1v) is 6.66. The number of non-ortho nitro benzene ring substituents is 1. The van der Waals surface area contributed by atoms with E-state index < -0.39 is 4.92 Å². The molecule has 2 N–H and O–H groups in total. The number of hydrogen-bond acceptors (Lipinski definition) is 4. The van der Waals surface area contributed by atoms with Gasteiger partial charge in [-0.3, -0.25) is 15.1 Å². The van der Waals surface area contributed by atoms with Crippen LogP contribution >= 0.6 is 0 Å². The number of amides is 2. The monoisotopic (exact) mass is 300 g/mol. The van der Waals surface area contributed by atoms with Crippen LogP contribution in [0.2, 0.25) is 0 Å². The number of urea groups is 1. The van der Waals surface area contributed by atoms with Crippen molar-refractivity contribution in [2.75, 3.05) is 5.32 Å². The highest BCUT2D eigenvalue weighted by atomic mass is 16.6. The standard InChI is InChI=1S/C15H16N4O3/c1-10-5-12(8-16-7-10)9-17-15(20)18-14-4-3-13(19(21)22)6-11(14)2/h3-8H,9H2,1-2H3,(H2,17,18,20). The van der Waals surface area contributed by atoms with Gasteiger partial charge in [0, 0.05) is 36.8 Å².